The van der Waals surface area contributed by atoms with E-state index in [2.05, 4.69) is 21.3 Å². The topological polar surface area (TPSA) is 116 Å². The van der Waals surface area contributed by atoms with Crippen molar-refractivity contribution in [3.63, 3.8) is 0 Å². The third-order valence-corrected chi connectivity index (χ3v) is 6.90. The van der Waals surface area contributed by atoms with Gasteiger partial charge in [-0.1, -0.05) is 48.0 Å². The lowest BCUT2D eigenvalue weighted by atomic mass is 10.1. The van der Waals surface area contributed by atoms with Crippen LogP contribution >= 0.6 is 11.8 Å². The van der Waals surface area contributed by atoms with Crippen molar-refractivity contribution in [1.82, 2.24) is 5.32 Å². The van der Waals surface area contributed by atoms with Crippen LogP contribution in [0.5, 0.6) is 0 Å². The Balaban J connectivity index is 1.36. The fourth-order valence-corrected chi connectivity index (χ4v) is 4.49. The van der Waals surface area contributed by atoms with Gasteiger partial charge >= 0.3 is 0 Å². The molecule has 0 aliphatic heterocycles. The summed E-state index contributed by atoms with van der Waals surface area (Å²) < 4.78 is 0. The molecule has 0 aromatic heterocycles. The summed E-state index contributed by atoms with van der Waals surface area (Å²) in [5.74, 6) is -1.01. The normalized spacial score (nSPS) is 10.9. The number of nitrogens with one attached hydrogen (secondary N) is 4. The van der Waals surface area contributed by atoms with Crippen molar-refractivity contribution >= 4 is 58.5 Å². The minimum absolute atomic E-state index is 0.105. The van der Waals surface area contributed by atoms with E-state index in [1.165, 1.54) is 18.7 Å². The number of carbonyl (C=O) groups is 4. The fourth-order valence-electron chi connectivity index (χ4n) is 3.79. The standard InChI is InChI=1S/C33H30N4O4S/c1-22-8-10-24(11-9-22)20-30(37-32(40)25-6-4-3-5-7-25)33(41)36-28-16-18-29(19-17-28)42-21-31(39)35-27-14-12-26(13-15-27)34-23(2)38/h3-20H,21H2,1-2H3,(H,34,38)(H,35,39)(H,36,41)(H,37,40)/b30-20-. The van der Waals surface area contributed by atoms with Crippen LogP contribution in [0.15, 0.2) is 114 Å². The maximum atomic E-state index is 13.2. The van der Waals surface area contributed by atoms with Gasteiger partial charge in [0.25, 0.3) is 11.8 Å². The first-order valence-electron chi connectivity index (χ1n) is 13.1. The van der Waals surface area contributed by atoms with Crippen LogP contribution in [-0.2, 0) is 14.4 Å². The average Bonchev–Trinajstić information content (AvgIpc) is 2.98. The number of hydrogen-bond acceptors (Lipinski definition) is 5. The van der Waals surface area contributed by atoms with Crippen molar-refractivity contribution in [2.24, 2.45) is 0 Å². The molecule has 0 saturated heterocycles. The lowest BCUT2D eigenvalue weighted by Crippen LogP contribution is -2.30. The van der Waals surface area contributed by atoms with Gasteiger partial charge in [-0.15, -0.1) is 11.8 Å². The third kappa shape index (κ3) is 9.21. The summed E-state index contributed by atoms with van der Waals surface area (Å²) in [4.78, 5) is 50.4. The molecule has 0 fully saturated rings. The molecule has 0 unspecified atom stereocenters. The Hall–Kier alpha value is -5.15. The molecule has 9 heteroatoms. The summed E-state index contributed by atoms with van der Waals surface area (Å²) in [6, 6.07) is 30.3. The summed E-state index contributed by atoms with van der Waals surface area (Å²) in [6.45, 7) is 3.41. The maximum absolute atomic E-state index is 13.2. The summed E-state index contributed by atoms with van der Waals surface area (Å²) in [6.07, 6.45) is 1.63. The highest BCUT2D eigenvalue weighted by Gasteiger charge is 2.15. The molecule has 212 valence electrons. The molecule has 0 saturated carbocycles. The van der Waals surface area contributed by atoms with E-state index in [1.54, 1.807) is 66.7 Å². The van der Waals surface area contributed by atoms with Crippen molar-refractivity contribution in [3.05, 3.63) is 126 Å². The molecule has 4 rings (SSSR count). The molecule has 0 atom stereocenters. The van der Waals surface area contributed by atoms with Crippen molar-refractivity contribution < 1.29 is 19.2 Å². The monoisotopic (exact) mass is 578 g/mol. The molecule has 8 nitrogen and oxygen atoms in total. The van der Waals surface area contributed by atoms with Gasteiger partial charge in [-0.2, -0.15) is 0 Å². The lowest BCUT2D eigenvalue weighted by molar-refractivity contribution is -0.114. The molecule has 42 heavy (non-hydrogen) atoms. The molecular formula is C33H30N4O4S. The first-order chi connectivity index (χ1) is 20.2. The van der Waals surface area contributed by atoms with E-state index in [0.717, 1.165) is 16.0 Å². The van der Waals surface area contributed by atoms with Crippen LogP contribution in [-0.4, -0.2) is 29.4 Å². The van der Waals surface area contributed by atoms with Crippen LogP contribution in [0.1, 0.15) is 28.4 Å². The number of aryl methyl sites for hydroxylation is 1. The Kier molecular flexibility index (Phi) is 10.3. The molecule has 0 spiro atoms. The van der Waals surface area contributed by atoms with E-state index < -0.39 is 11.8 Å². The van der Waals surface area contributed by atoms with Crippen LogP contribution < -0.4 is 21.3 Å². The van der Waals surface area contributed by atoms with Crippen LogP contribution in [0.25, 0.3) is 6.08 Å². The van der Waals surface area contributed by atoms with Gasteiger partial charge in [-0.3, -0.25) is 19.2 Å². The third-order valence-electron chi connectivity index (χ3n) is 5.89. The molecule has 4 aromatic rings. The highest BCUT2D eigenvalue weighted by atomic mass is 32.2. The van der Waals surface area contributed by atoms with E-state index >= 15 is 0 Å². The fraction of sp³-hybridized carbons (Fsp3) is 0.0909. The van der Waals surface area contributed by atoms with Gasteiger partial charge in [0.1, 0.15) is 5.70 Å². The number of amides is 4. The first kappa shape index (κ1) is 29.8. The summed E-state index contributed by atoms with van der Waals surface area (Å²) in [7, 11) is 0. The second-order valence-corrected chi connectivity index (χ2v) is 10.4. The molecule has 0 bridgehead atoms. The summed E-state index contributed by atoms with van der Waals surface area (Å²) in [5.41, 5.74) is 4.21. The molecule has 0 aliphatic rings. The number of thioether (sulfide) groups is 1. The first-order valence-corrected chi connectivity index (χ1v) is 14.1. The number of rotatable bonds is 10. The van der Waals surface area contributed by atoms with E-state index in [9.17, 15) is 19.2 Å². The van der Waals surface area contributed by atoms with E-state index in [-0.39, 0.29) is 23.3 Å². The number of carbonyl (C=O) groups excluding carboxylic acids is 4. The van der Waals surface area contributed by atoms with Crippen LogP contribution in [0.3, 0.4) is 0 Å². The Morgan fingerprint density at radius 2 is 1.26 bits per heavy atom. The highest BCUT2D eigenvalue weighted by Crippen LogP contribution is 2.22. The van der Waals surface area contributed by atoms with Gasteiger partial charge in [-0.25, -0.2) is 0 Å². The Morgan fingerprint density at radius 1 is 0.690 bits per heavy atom. The Morgan fingerprint density at radius 3 is 1.88 bits per heavy atom. The summed E-state index contributed by atoms with van der Waals surface area (Å²) in [5, 5.41) is 11.1. The molecular weight excluding hydrogens is 548 g/mol. The SMILES string of the molecule is CC(=O)Nc1ccc(NC(=O)CSc2ccc(NC(=O)/C(=C/c3ccc(C)cc3)NC(=O)c3ccccc3)cc2)cc1. The average molecular weight is 579 g/mol. The maximum Gasteiger partial charge on any atom is 0.272 e. The number of hydrogen-bond donors (Lipinski definition) is 4. The van der Waals surface area contributed by atoms with Crippen molar-refractivity contribution in [2.45, 2.75) is 18.7 Å². The van der Waals surface area contributed by atoms with Gasteiger partial charge in [-0.05, 0) is 79.2 Å². The van der Waals surface area contributed by atoms with Crippen molar-refractivity contribution in [3.8, 4) is 0 Å². The zero-order valence-corrected chi connectivity index (χ0v) is 24.0. The second kappa shape index (κ2) is 14.5. The van der Waals surface area contributed by atoms with Crippen LogP contribution in [0.4, 0.5) is 17.1 Å². The molecule has 0 radical (unpaired) electrons. The number of anilines is 3. The van der Waals surface area contributed by atoms with Crippen molar-refractivity contribution in [2.75, 3.05) is 21.7 Å². The van der Waals surface area contributed by atoms with E-state index in [4.69, 9.17) is 0 Å². The van der Waals surface area contributed by atoms with Crippen molar-refractivity contribution in [1.29, 1.82) is 0 Å². The summed E-state index contributed by atoms with van der Waals surface area (Å²) >= 11 is 1.35. The van der Waals surface area contributed by atoms with E-state index in [1.807, 2.05) is 49.4 Å². The minimum atomic E-state index is -0.468. The van der Waals surface area contributed by atoms with E-state index in [0.29, 0.717) is 22.6 Å². The lowest BCUT2D eigenvalue weighted by Gasteiger charge is -2.12. The molecule has 4 N–H and O–H groups in total. The van der Waals surface area contributed by atoms with Gasteiger partial charge < -0.3 is 21.3 Å². The molecule has 0 heterocycles. The predicted molar refractivity (Wildman–Crippen MR) is 168 cm³/mol. The van der Waals surface area contributed by atoms with Crippen LogP contribution in [0.2, 0.25) is 0 Å². The second-order valence-electron chi connectivity index (χ2n) is 9.36. The largest absolute Gasteiger partial charge is 0.326 e. The van der Waals surface area contributed by atoms with Gasteiger partial charge in [0, 0.05) is 34.4 Å². The smallest absolute Gasteiger partial charge is 0.272 e. The van der Waals surface area contributed by atoms with Gasteiger partial charge in [0.05, 0.1) is 5.75 Å². The zero-order chi connectivity index (χ0) is 29.9. The van der Waals surface area contributed by atoms with Crippen LogP contribution in [0, 0.1) is 6.92 Å². The molecule has 0 aliphatic carbocycles. The zero-order valence-electron chi connectivity index (χ0n) is 23.1. The molecule has 4 amide bonds. The Bertz CT molecular complexity index is 1580. The highest BCUT2D eigenvalue weighted by molar-refractivity contribution is 8.00. The quantitative estimate of drug-likeness (QED) is 0.134. The predicted octanol–water partition coefficient (Wildman–Crippen LogP) is 6.09. The molecule has 4 aromatic carbocycles. The van der Waals surface area contributed by atoms with Gasteiger partial charge in [0.2, 0.25) is 11.8 Å². The number of benzene rings is 4. The van der Waals surface area contributed by atoms with Gasteiger partial charge in [0.15, 0.2) is 0 Å². The minimum Gasteiger partial charge on any atom is -0.326 e. The Labute approximate surface area is 248 Å².